The van der Waals surface area contributed by atoms with Gasteiger partial charge in [0, 0.05) is 28.1 Å². The van der Waals surface area contributed by atoms with Crippen LogP contribution in [0.1, 0.15) is 17.8 Å². The molecule has 2 nitrogen and oxygen atoms in total. The van der Waals surface area contributed by atoms with Crippen molar-refractivity contribution in [1.29, 1.82) is 0 Å². The van der Waals surface area contributed by atoms with Gasteiger partial charge in [0.2, 0.25) is 0 Å². The van der Waals surface area contributed by atoms with Crippen molar-refractivity contribution in [2.24, 2.45) is 0 Å². The highest BCUT2D eigenvalue weighted by Gasteiger charge is 2.05. The van der Waals surface area contributed by atoms with E-state index in [2.05, 4.69) is 39.7 Å². The molecule has 0 fully saturated rings. The average Bonchev–Trinajstić information content (AvgIpc) is 2.51. The second kappa shape index (κ2) is 4.74. The summed E-state index contributed by atoms with van der Waals surface area (Å²) in [5.74, 6) is 0. The topological polar surface area (TPSA) is 24.9 Å². The summed E-state index contributed by atoms with van der Waals surface area (Å²) in [5.41, 5.74) is 1.84. The van der Waals surface area contributed by atoms with Crippen molar-refractivity contribution in [3.05, 3.63) is 27.6 Å². The van der Waals surface area contributed by atoms with Crippen LogP contribution < -0.4 is 5.32 Å². The molecule has 1 heterocycles. The SMILES string of the molecule is C=C(Br)CNC(C)c1cncs1. The summed E-state index contributed by atoms with van der Waals surface area (Å²) >= 11 is 4.96. The number of thiazole rings is 1. The summed E-state index contributed by atoms with van der Waals surface area (Å²) in [6.45, 7) is 6.66. The number of nitrogens with one attached hydrogen (secondary N) is 1. The first-order valence-electron chi connectivity index (χ1n) is 3.65. The van der Waals surface area contributed by atoms with Gasteiger partial charge in [0.15, 0.2) is 0 Å². The minimum absolute atomic E-state index is 0.354. The molecule has 1 atom stereocenters. The zero-order valence-corrected chi connectivity index (χ0v) is 9.28. The van der Waals surface area contributed by atoms with Gasteiger partial charge in [-0.2, -0.15) is 0 Å². The Bertz CT molecular complexity index is 246. The third kappa shape index (κ3) is 3.05. The summed E-state index contributed by atoms with van der Waals surface area (Å²) < 4.78 is 0.971. The van der Waals surface area contributed by atoms with Crippen molar-refractivity contribution in [2.75, 3.05) is 6.54 Å². The van der Waals surface area contributed by atoms with E-state index in [1.807, 2.05) is 11.7 Å². The molecule has 1 N–H and O–H groups in total. The quantitative estimate of drug-likeness (QED) is 0.884. The first-order valence-corrected chi connectivity index (χ1v) is 5.32. The van der Waals surface area contributed by atoms with Gasteiger partial charge in [-0.1, -0.05) is 22.5 Å². The van der Waals surface area contributed by atoms with Crippen molar-refractivity contribution in [2.45, 2.75) is 13.0 Å². The van der Waals surface area contributed by atoms with Crippen molar-refractivity contribution >= 4 is 27.3 Å². The molecule has 0 aliphatic rings. The van der Waals surface area contributed by atoms with Crippen LogP contribution in [0.2, 0.25) is 0 Å². The Kier molecular flexibility index (Phi) is 3.91. The minimum Gasteiger partial charge on any atom is -0.305 e. The fourth-order valence-corrected chi connectivity index (χ4v) is 1.62. The maximum atomic E-state index is 4.01. The molecule has 4 heteroatoms. The second-order valence-corrected chi connectivity index (χ2v) is 4.56. The Morgan fingerprint density at radius 3 is 3.17 bits per heavy atom. The summed E-state index contributed by atoms with van der Waals surface area (Å²) in [6, 6.07) is 0.354. The molecule has 66 valence electrons. The van der Waals surface area contributed by atoms with E-state index >= 15 is 0 Å². The number of hydrogen-bond acceptors (Lipinski definition) is 3. The highest BCUT2D eigenvalue weighted by Crippen LogP contribution is 2.16. The Labute approximate surface area is 84.8 Å². The maximum Gasteiger partial charge on any atom is 0.0794 e. The fraction of sp³-hybridized carbons (Fsp3) is 0.375. The zero-order valence-electron chi connectivity index (χ0n) is 6.88. The van der Waals surface area contributed by atoms with Crippen molar-refractivity contribution in [3.8, 4) is 0 Å². The molecular weight excluding hydrogens is 236 g/mol. The lowest BCUT2D eigenvalue weighted by Gasteiger charge is -2.09. The van der Waals surface area contributed by atoms with Crippen LogP contribution in [0.15, 0.2) is 22.8 Å². The third-order valence-corrected chi connectivity index (χ3v) is 2.72. The normalized spacial score (nSPS) is 12.8. The first-order chi connectivity index (χ1) is 5.70. The summed E-state index contributed by atoms with van der Waals surface area (Å²) in [7, 11) is 0. The van der Waals surface area contributed by atoms with E-state index in [4.69, 9.17) is 0 Å². The molecule has 0 aliphatic heterocycles. The standard InChI is InChI=1S/C8H11BrN2S/c1-6(9)3-11-7(2)8-4-10-5-12-8/h4-5,7,11H,1,3H2,2H3. The Morgan fingerprint density at radius 2 is 2.67 bits per heavy atom. The van der Waals surface area contributed by atoms with Crippen LogP contribution in [0.5, 0.6) is 0 Å². The molecule has 0 saturated carbocycles. The molecule has 0 aromatic carbocycles. The van der Waals surface area contributed by atoms with E-state index in [0.717, 1.165) is 11.0 Å². The largest absolute Gasteiger partial charge is 0.305 e. The van der Waals surface area contributed by atoms with Crippen LogP contribution in [0.3, 0.4) is 0 Å². The van der Waals surface area contributed by atoms with Crippen LogP contribution in [-0.4, -0.2) is 11.5 Å². The number of rotatable bonds is 4. The molecule has 0 amide bonds. The van der Waals surface area contributed by atoms with Gasteiger partial charge in [0.05, 0.1) is 5.51 Å². The molecule has 1 aromatic heterocycles. The van der Waals surface area contributed by atoms with Gasteiger partial charge >= 0.3 is 0 Å². The molecular formula is C8H11BrN2S. The average molecular weight is 247 g/mol. The van der Waals surface area contributed by atoms with Gasteiger partial charge < -0.3 is 5.32 Å². The molecule has 0 saturated heterocycles. The van der Waals surface area contributed by atoms with E-state index in [9.17, 15) is 0 Å². The molecule has 0 aliphatic carbocycles. The molecule has 1 unspecified atom stereocenters. The van der Waals surface area contributed by atoms with Crippen LogP contribution in [-0.2, 0) is 0 Å². The van der Waals surface area contributed by atoms with Crippen LogP contribution in [0.4, 0.5) is 0 Å². The Morgan fingerprint density at radius 1 is 1.92 bits per heavy atom. The molecule has 0 radical (unpaired) electrons. The summed E-state index contributed by atoms with van der Waals surface area (Å²) in [5, 5.41) is 3.31. The molecule has 0 bridgehead atoms. The second-order valence-electron chi connectivity index (χ2n) is 2.52. The summed E-state index contributed by atoms with van der Waals surface area (Å²) in [6.07, 6.45) is 1.89. The predicted molar refractivity (Wildman–Crippen MR) is 56.6 cm³/mol. The molecule has 1 rings (SSSR count). The number of aromatic nitrogens is 1. The van der Waals surface area contributed by atoms with Gasteiger partial charge in [-0.3, -0.25) is 4.98 Å². The van der Waals surface area contributed by atoms with E-state index in [-0.39, 0.29) is 0 Å². The van der Waals surface area contributed by atoms with Crippen molar-refractivity contribution in [3.63, 3.8) is 0 Å². The lowest BCUT2D eigenvalue weighted by Crippen LogP contribution is -2.18. The highest BCUT2D eigenvalue weighted by atomic mass is 79.9. The van der Waals surface area contributed by atoms with Gasteiger partial charge in [0.1, 0.15) is 0 Å². The van der Waals surface area contributed by atoms with Gasteiger partial charge in [-0.05, 0) is 6.92 Å². The lowest BCUT2D eigenvalue weighted by molar-refractivity contribution is 0.624. The number of nitrogens with zero attached hydrogens (tertiary/aromatic N) is 1. The van der Waals surface area contributed by atoms with E-state index in [1.165, 1.54) is 4.88 Å². The molecule has 12 heavy (non-hydrogen) atoms. The number of halogens is 1. The number of hydrogen-bond donors (Lipinski definition) is 1. The smallest absolute Gasteiger partial charge is 0.0794 e. The van der Waals surface area contributed by atoms with Gasteiger partial charge in [0.25, 0.3) is 0 Å². The zero-order chi connectivity index (χ0) is 8.97. The van der Waals surface area contributed by atoms with Crippen molar-refractivity contribution in [1.82, 2.24) is 10.3 Å². The van der Waals surface area contributed by atoms with Crippen LogP contribution >= 0.6 is 27.3 Å². The van der Waals surface area contributed by atoms with Crippen LogP contribution in [0.25, 0.3) is 0 Å². The summed E-state index contributed by atoms with van der Waals surface area (Å²) in [4.78, 5) is 5.27. The van der Waals surface area contributed by atoms with Gasteiger partial charge in [-0.15, -0.1) is 11.3 Å². The van der Waals surface area contributed by atoms with E-state index in [1.54, 1.807) is 11.3 Å². The molecule has 0 spiro atoms. The van der Waals surface area contributed by atoms with Gasteiger partial charge in [-0.25, -0.2) is 0 Å². The monoisotopic (exact) mass is 246 g/mol. The maximum absolute atomic E-state index is 4.01. The minimum atomic E-state index is 0.354. The Balaban J connectivity index is 2.39. The predicted octanol–water partition coefficient (Wildman–Crippen LogP) is 2.70. The highest BCUT2D eigenvalue weighted by molar-refractivity contribution is 9.11. The third-order valence-electron chi connectivity index (χ3n) is 1.48. The Hall–Kier alpha value is -0.190. The first kappa shape index (κ1) is 9.89. The lowest BCUT2D eigenvalue weighted by atomic mass is 10.3. The fourth-order valence-electron chi connectivity index (χ4n) is 0.804. The molecule has 1 aromatic rings. The van der Waals surface area contributed by atoms with E-state index < -0.39 is 0 Å². The van der Waals surface area contributed by atoms with E-state index in [0.29, 0.717) is 6.04 Å². The van der Waals surface area contributed by atoms with Crippen LogP contribution in [0, 0.1) is 0 Å². The van der Waals surface area contributed by atoms with Crippen molar-refractivity contribution < 1.29 is 0 Å².